The second kappa shape index (κ2) is 3.39. The van der Waals surface area contributed by atoms with E-state index in [-0.39, 0.29) is 10.9 Å². The van der Waals surface area contributed by atoms with Crippen molar-refractivity contribution in [2.24, 2.45) is 0 Å². The number of hydrogen-bond donors (Lipinski definition) is 0. The van der Waals surface area contributed by atoms with Gasteiger partial charge in [0.25, 0.3) is 0 Å². The first-order valence-corrected chi connectivity index (χ1v) is 5.25. The summed E-state index contributed by atoms with van der Waals surface area (Å²) in [5.74, 6) is 0.778. The topological polar surface area (TPSA) is 29.0 Å². The minimum atomic E-state index is -0.0527. The van der Waals surface area contributed by atoms with Gasteiger partial charge >= 0.3 is 0 Å². The lowest BCUT2D eigenvalue weighted by Gasteiger charge is -2.33. The van der Waals surface area contributed by atoms with Gasteiger partial charge in [-0.25, -0.2) is 9.97 Å². The van der Waals surface area contributed by atoms with Gasteiger partial charge < -0.3 is 4.90 Å². The third-order valence-electron chi connectivity index (χ3n) is 2.86. The average molecular weight is 212 g/mol. The summed E-state index contributed by atoms with van der Waals surface area (Å²) in [7, 11) is 0. The molecule has 2 heterocycles. The number of alkyl halides is 1. The first-order valence-electron chi connectivity index (χ1n) is 4.81. The highest BCUT2D eigenvalue weighted by molar-refractivity contribution is 6.22. The normalized spacial score (nSPS) is 25.4. The highest BCUT2D eigenvalue weighted by Gasteiger charge is 2.41. The summed E-state index contributed by atoms with van der Waals surface area (Å²) in [6.07, 6.45) is 4.52. The van der Waals surface area contributed by atoms with Crippen LogP contribution in [0.25, 0.3) is 0 Å². The summed E-state index contributed by atoms with van der Waals surface area (Å²) in [4.78, 5) is 10.7. The van der Waals surface area contributed by atoms with E-state index < -0.39 is 0 Å². The first kappa shape index (κ1) is 9.71. The van der Waals surface area contributed by atoms with Crippen LogP contribution in [0.1, 0.15) is 20.3 Å². The Labute approximate surface area is 89.1 Å². The van der Waals surface area contributed by atoms with Gasteiger partial charge in [0.2, 0.25) is 5.95 Å². The van der Waals surface area contributed by atoms with Crippen molar-refractivity contribution in [1.29, 1.82) is 0 Å². The molecule has 0 bridgehead atoms. The van der Waals surface area contributed by atoms with Crippen LogP contribution >= 0.6 is 11.6 Å². The largest absolute Gasteiger partial charge is 0.334 e. The third kappa shape index (κ3) is 1.46. The van der Waals surface area contributed by atoms with Crippen LogP contribution in [0.15, 0.2) is 18.5 Å². The maximum Gasteiger partial charge on any atom is 0.225 e. The Kier molecular flexibility index (Phi) is 2.35. The quantitative estimate of drug-likeness (QED) is 0.666. The predicted octanol–water partition coefficient (Wildman–Crippen LogP) is 2.07. The number of hydrogen-bond acceptors (Lipinski definition) is 3. The van der Waals surface area contributed by atoms with Gasteiger partial charge in [-0.15, -0.1) is 11.6 Å². The van der Waals surface area contributed by atoms with E-state index in [1.165, 1.54) is 0 Å². The van der Waals surface area contributed by atoms with Crippen molar-refractivity contribution in [1.82, 2.24) is 9.97 Å². The van der Waals surface area contributed by atoms with E-state index in [2.05, 4.69) is 28.7 Å². The second-order valence-corrected chi connectivity index (χ2v) is 4.64. The van der Waals surface area contributed by atoms with Crippen LogP contribution in [0.3, 0.4) is 0 Å². The van der Waals surface area contributed by atoms with Crippen molar-refractivity contribution in [2.45, 2.75) is 31.2 Å². The Morgan fingerprint density at radius 1 is 1.43 bits per heavy atom. The molecule has 1 aliphatic heterocycles. The Morgan fingerprint density at radius 2 is 2.07 bits per heavy atom. The van der Waals surface area contributed by atoms with Gasteiger partial charge in [0, 0.05) is 18.9 Å². The molecular formula is C10H14ClN3. The fraction of sp³-hybridized carbons (Fsp3) is 0.600. The van der Waals surface area contributed by atoms with Gasteiger partial charge in [-0.3, -0.25) is 0 Å². The lowest BCUT2D eigenvalue weighted by Crippen LogP contribution is -2.44. The van der Waals surface area contributed by atoms with Crippen LogP contribution in [-0.2, 0) is 0 Å². The lowest BCUT2D eigenvalue weighted by molar-refractivity contribution is 0.516. The molecule has 1 aromatic rings. The second-order valence-electron chi connectivity index (χ2n) is 4.11. The van der Waals surface area contributed by atoms with Crippen molar-refractivity contribution < 1.29 is 0 Å². The molecule has 76 valence electrons. The number of aromatic nitrogens is 2. The molecule has 1 aliphatic rings. The van der Waals surface area contributed by atoms with Crippen LogP contribution < -0.4 is 4.90 Å². The molecule has 1 saturated heterocycles. The smallest absolute Gasteiger partial charge is 0.225 e. The van der Waals surface area contributed by atoms with E-state index in [1.807, 2.05) is 6.07 Å². The Morgan fingerprint density at radius 3 is 2.57 bits per heavy atom. The van der Waals surface area contributed by atoms with E-state index in [1.54, 1.807) is 12.4 Å². The first-order chi connectivity index (χ1) is 6.62. The molecule has 0 aliphatic carbocycles. The Hall–Kier alpha value is -0.830. The van der Waals surface area contributed by atoms with Crippen LogP contribution in [0.5, 0.6) is 0 Å². The maximum atomic E-state index is 6.25. The number of nitrogens with zero attached hydrogens (tertiary/aromatic N) is 3. The zero-order chi connectivity index (χ0) is 10.2. The molecule has 1 atom stereocenters. The highest BCUT2D eigenvalue weighted by Crippen LogP contribution is 2.34. The average Bonchev–Trinajstić information content (AvgIpc) is 2.44. The van der Waals surface area contributed by atoms with E-state index in [4.69, 9.17) is 11.6 Å². The summed E-state index contributed by atoms with van der Waals surface area (Å²) in [6, 6.07) is 1.82. The van der Waals surface area contributed by atoms with E-state index >= 15 is 0 Å². The molecule has 2 rings (SSSR count). The fourth-order valence-electron chi connectivity index (χ4n) is 1.84. The number of anilines is 1. The molecule has 1 fully saturated rings. The van der Waals surface area contributed by atoms with E-state index in [0.717, 1.165) is 18.9 Å². The SMILES string of the molecule is CC1(C)C(Cl)CCN1c1ncccn1. The summed E-state index contributed by atoms with van der Waals surface area (Å²) in [5, 5.41) is 0.173. The van der Waals surface area contributed by atoms with Gasteiger partial charge in [0.15, 0.2) is 0 Å². The lowest BCUT2D eigenvalue weighted by atomic mass is 10.0. The van der Waals surface area contributed by atoms with Crippen molar-refractivity contribution in [3.8, 4) is 0 Å². The molecule has 0 saturated carbocycles. The van der Waals surface area contributed by atoms with Crippen molar-refractivity contribution in [3.63, 3.8) is 0 Å². The molecular weight excluding hydrogens is 198 g/mol. The van der Waals surface area contributed by atoms with E-state index in [9.17, 15) is 0 Å². The van der Waals surface area contributed by atoms with Gasteiger partial charge in [0.05, 0.1) is 10.9 Å². The summed E-state index contributed by atoms with van der Waals surface area (Å²) >= 11 is 6.25. The van der Waals surface area contributed by atoms with Gasteiger partial charge in [-0.05, 0) is 26.3 Å². The summed E-state index contributed by atoms with van der Waals surface area (Å²) < 4.78 is 0. The van der Waals surface area contributed by atoms with Crippen LogP contribution in [0.2, 0.25) is 0 Å². The molecule has 0 amide bonds. The minimum absolute atomic E-state index is 0.0527. The minimum Gasteiger partial charge on any atom is -0.334 e. The molecule has 0 radical (unpaired) electrons. The number of rotatable bonds is 1. The summed E-state index contributed by atoms with van der Waals surface area (Å²) in [5.41, 5.74) is -0.0527. The molecule has 1 aromatic heterocycles. The zero-order valence-electron chi connectivity index (χ0n) is 8.44. The van der Waals surface area contributed by atoms with Crippen molar-refractivity contribution >= 4 is 17.5 Å². The maximum absolute atomic E-state index is 6.25. The number of halogens is 1. The molecule has 0 N–H and O–H groups in total. The summed E-state index contributed by atoms with van der Waals surface area (Å²) in [6.45, 7) is 5.20. The fourth-order valence-corrected chi connectivity index (χ4v) is 2.06. The Balaban J connectivity index is 2.29. The predicted molar refractivity (Wildman–Crippen MR) is 57.7 cm³/mol. The van der Waals surface area contributed by atoms with Crippen molar-refractivity contribution in [2.75, 3.05) is 11.4 Å². The molecule has 1 unspecified atom stereocenters. The third-order valence-corrected chi connectivity index (χ3v) is 3.61. The van der Waals surface area contributed by atoms with Gasteiger partial charge in [-0.2, -0.15) is 0 Å². The van der Waals surface area contributed by atoms with Crippen LogP contribution in [0, 0.1) is 0 Å². The standard InChI is InChI=1S/C10H14ClN3/c1-10(2)8(11)4-7-14(10)9-12-5-3-6-13-9/h3,5-6,8H,4,7H2,1-2H3. The van der Waals surface area contributed by atoms with Crippen LogP contribution in [0.4, 0.5) is 5.95 Å². The molecule has 14 heavy (non-hydrogen) atoms. The molecule has 3 nitrogen and oxygen atoms in total. The Bertz CT molecular complexity index is 312. The van der Waals surface area contributed by atoms with Gasteiger partial charge in [-0.1, -0.05) is 0 Å². The zero-order valence-corrected chi connectivity index (χ0v) is 9.20. The van der Waals surface area contributed by atoms with Crippen LogP contribution in [-0.4, -0.2) is 27.4 Å². The van der Waals surface area contributed by atoms with E-state index in [0.29, 0.717) is 0 Å². The molecule has 0 aromatic carbocycles. The van der Waals surface area contributed by atoms with Crippen molar-refractivity contribution in [3.05, 3.63) is 18.5 Å². The van der Waals surface area contributed by atoms with Gasteiger partial charge in [0.1, 0.15) is 0 Å². The molecule has 0 spiro atoms. The molecule has 4 heteroatoms. The highest BCUT2D eigenvalue weighted by atomic mass is 35.5. The monoisotopic (exact) mass is 211 g/mol.